The number of ketones is 1. The van der Waals surface area contributed by atoms with Gasteiger partial charge in [-0.15, -0.1) is 0 Å². The van der Waals surface area contributed by atoms with Gasteiger partial charge in [-0.2, -0.15) is 0 Å². The summed E-state index contributed by atoms with van der Waals surface area (Å²) in [6.07, 6.45) is 3.83. The zero-order chi connectivity index (χ0) is 14.3. The van der Waals surface area contributed by atoms with E-state index >= 15 is 0 Å². The molecule has 0 fully saturated rings. The van der Waals surface area contributed by atoms with E-state index in [1.54, 1.807) is 0 Å². The van der Waals surface area contributed by atoms with Crippen LogP contribution in [0.25, 0.3) is 0 Å². The van der Waals surface area contributed by atoms with Crippen LogP contribution in [0.4, 0.5) is 8.78 Å². The Morgan fingerprint density at radius 3 is 2.63 bits per heavy atom. The van der Waals surface area contributed by atoms with Crippen molar-refractivity contribution in [2.24, 2.45) is 11.7 Å². The molecule has 2 N–H and O–H groups in total. The zero-order valence-electron chi connectivity index (χ0n) is 11.3. The van der Waals surface area contributed by atoms with Crippen LogP contribution >= 0.6 is 0 Å². The first-order valence-electron chi connectivity index (χ1n) is 6.76. The van der Waals surface area contributed by atoms with Gasteiger partial charge in [0.15, 0.2) is 5.78 Å². The zero-order valence-corrected chi connectivity index (χ0v) is 11.3. The highest BCUT2D eigenvalue weighted by Crippen LogP contribution is 2.20. The van der Waals surface area contributed by atoms with Crippen LogP contribution in [0, 0.1) is 17.6 Å². The highest BCUT2D eigenvalue weighted by molar-refractivity contribution is 5.96. The second-order valence-corrected chi connectivity index (χ2v) is 4.82. The normalized spacial score (nSPS) is 12.4. The number of halogens is 2. The summed E-state index contributed by atoms with van der Waals surface area (Å²) in [5.41, 5.74) is 5.38. The van der Waals surface area contributed by atoms with E-state index in [9.17, 15) is 13.6 Å². The van der Waals surface area contributed by atoms with Gasteiger partial charge in [-0.3, -0.25) is 4.79 Å². The average molecular weight is 269 g/mol. The molecule has 0 aliphatic heterocycles. The van der Waals surface area contributed by atoms with Crippen LogP contribution in [0.1, 0.15) is 49.4 Å². The fraction of sp³-hybridized carbons (Fsp3) is 0.533. The van der Waals surface area contributed by atoms with Crippen LogP contribution in [0.5, 0.6) is 0 Å². The summed E-state index contributed by atoms with van der Waals surface area (Å²) >= 11 is 0. The molecule has 0 spiro atoms. The summed E-state index contributed by atoms with van der Waals surface area (Å²) in [6, 6.07) is 2.97. The summed E-state index contributed by atoms with van der Waals surface area (Å²) in [5, 5.41) is 0. The monoisotopic (exact) mass is 269 g/mol. The maximum atomic E-state index is 13.4. The summed E-state index contributed by atoms with van der Waals surface area (Å²) in [5.74, 6) is -1.19. The van der Waals surface area contributed by atoms with Crippen molar-refractivity contribution in [1.29, 1.82) is 0 Å². The number of carbonyl (C=O) groups is 1. The van der Waals surface area contributed by atoms with Crippen molar-refractivity contribution in [3.05, 3.63) is 35.4 Å². The Bertz CT molecular complexity index is 415. The fourth-order valence-electron chi connectivity index (χ4n) is 2.26. The molecule has 1 atom stereocenters. The predicted molar refractivity (Wildman–Crippen MR) is 72.0 cm³/mol. The van der Waals surface area contributed by atoms with Gasteiger partial charge in [0.05, 0.1) is 5.56 Å². The molecule has 0 saturated carbocycles. The molecule has 4 heteroatoms. The average Bonchev–Trinajstić information content (AvgIpc) is 2.39. The molecule has 2 nitrogen and oxygen atoms in total. The van der Waals surface area contributed by atoms with Crippen molar-refractivity contribution in [2.45, 2.75) is 39.0 Å². The third-order valence-electron chi connectivity index (χ3n) is 3.28. The van der Waals surface area contributed by atoms with Gasteiger partial charge in [0.25, 0.3) is 0 Å². The minimum atomic E-state index is -0.655. The summed E-state index contributed by atoms with van der Waals surface area (Å²) < 4.78 is 26.4. The first kappa shape index (κ1) is 15.8. The lowest BCUT2D eigenvalue weighted by molar-refractivity contribution is 0.0967. The number of nitrogens with two attached hydrogens (primary N) is 1. The van der Waals surface area contributed by atoms with Gasteiger partial charge in [0, 0.05) is 6.42 Å². The number of rotatable bonds is 8. The topological polar surface area (TPSA) is 43.1 Å². The SMILES string of the molecule is CCCC(CCN)CCC(=O)c1cc(F)ccc1F. The summed E-state index contributed by atoms with van der Waals surface area (Å²) in [4.78, 5) is 11.9. The molecule has 1 aromatic rings. The number of Topliss-reactive ketones (excluding diaryl/α,β-unsaturated/α-hetero) is 1. The van der Waals surface area contributed by atoms with Crippen LogP contribution in [0.3, 0.4) is 0 Å². The van der Waals surface area contributed by atoms with Crippen LogP contribution in [0.15, 0.2) is 18.2 Å². The molecule has 0 radical (unpaired) electrons. The Balaban J connectivity index is 2.61. The largest absolute Gasteiger partial charge is 0.330 e. The number of benzene rings is 1. The van der Waals surface area contributed by atoms with E-state index in [4.69, 9.17) is 5.73 Å². The van der Waals surface area contributed by atoms with Gasteiger partial charge < -0.3 is 5.73 Å². The number of carbonyl (C=O) groups excluding carboxylic acids is 1. The molecule has 106 valence electrons. The highest BCUT2D eigenvalue weighted by atomic mass is 19.1. The van der Waals surface area contributed by atoms with Crippen LogP contribution < -0.4 is 5.73 Å². The molecule has 0 aliphatic carbocycles. The van der Waals surface area contributed by atoms with E-state index in [0.29, 0.717) is 18.9 Å². The quantitative estimate of drug-likeness (QED) is 0.731. The molecular formula is C15H21F2NO. The van der Waals surface area contributed by atoms with Crippen LogP contribution in [-0.2, 0) is 0 Å². The third-order valence-corrected chi connectivity index (χ3v) is 3.28. The van der Waals surface area contributed by atoms with Crippen molar-refractivity contribution in [3.8, 4) is 0 Å². The molecular weight excluding hydrogens is 248 g/mol. The van der Waals surface area contributed by atoms with Crippen molar-refractivity contribution >= 4 is 5.78 Å². The second kappa shape index (κ2) is 8.00. The standard InChI is InChI=1S/C15H21F2NO/c1-2-3-11(8-9-18)4-7-15(19)13-10-12(16)5-6-14(13)17/h5-6,10-11H,2-4,7-9,18H2,1H3. The Morgan fingerprint density at radius 1 is 1.26 bits per heavy atom. The predicted octanol–water partition coefficient (Wildman–Crippen LogP) is 3.69. The Hall–Kier alpha value is -1.29. The first-order valence-corrected chi connectivity index (χ1v) is 6.76. The van der Waals surface area contributed by atoms with Crippen molar-refractivity contribution < 1.29 is 13.6 Å². The Morgan fingerprint density at radius 2 is 2.00 bits per heavy atom. The smallest absolute Gasteiger partial charge is 0.165 e. The molecule has 0 saturated heterocycles. The molecule has 0 aliphatic rings. The summed E-state index contributed by atoms with van der Waals surface area (Å²) in [6.45, 7) is 2.67. The van der Waals surface area contributed by atoms with Gasteiger partial charge >= 0.3 is 0 Å². The number of hydrogen-bond donors (Lipinski definition) is 1. The maximum Gasteiger partial charge on any atom is 0.165 e. The van der Waals surface area contributed by atoms with Gasteiger partial charge in [-0.05, 0) is 43.5 Å². The Kier molecular flexibility index (Phi) is 6.64. The van der Waals surface area contributed by atoms with E-state index in [1.165, 1.54) is 0 Å². The molecule has 0 bridgehead atoms. The molecule has 1 aromatic carbocycles. The second-order valence-electron chi connectivity index (χ2n) is 4.82. The molecule has 0 amide bonds. The van der Waals surface area contributed by atoms with E-state index in [0.717, 1.165) is 37.5 Å². The third kappa shape index (κ3) is 5.07. The van der Waals surface area contributed by atoms with Crippen LogP contribution in [0.2, 0.25) is 0 Å². The van der Waals surface area contributed by atoms with E-state index < -0.39 is 11.6 Å². The van der Waals surface area contributed by atoms with E-state index in [2.05, 4.69) is 6.92 Å². The Labute approximate surface area is 113 Å². The van der Waals surface area contributed by atoms with Gasteiger partial charge in [0.2, 0.25) is 0 Å². The lowest BCUT2D eigenvalue weighted by Crippen LogP contribution is -2.11. The van der Waals surface area contributed by atoms with Crippen LogP contribution in [-0.4, -0.2) is 12.3 Å². The molecule has 19 heavy (non-hydrogen) atoms. The molecule has 0 heterocycles. The minimum absolute atomic E-state index is 0.150. The minimum Gasteiger partial charge on any atom is -0.330 e. The van der Waals surface area contributed by atoms with Gasteiger partial charge in [-0.25, -0.2) is 8.78 Å². The van der Waals surface area contributed by atoms with Gasteiger partial charge in [-0.1, -0.05) is 19.8 Å². The van der Waals surface area contributed by atoms with Crippen molar-refractivity contribution in [2.75, 3.05) is 6.54 Å². The van der Waals surface area contributed by atoms with Crippen molar-refractivity contribution in [3.63, 3.8) is 0 Å². The highest BCUT2D eigenvalue weighted by Gasteiger charge is 2.15. The molecule has 0 aromatic heterocycles. The van der Waals surface area contributed by atoms with E-state index in [-0.39, 0.29) is 17.8 Å². The lowest BCUT2D eigenvalue weighted by atomic mass is 9.92. The van der Waals surface area contributed by atoms with Gasteiger partial charge in [0.1, 0.15) is 11.6 Å². The molecule has 1 rings (SSSR count). The first-order chi connectivity index (χ1) is 9.08. The lowest BCUT2D eigenvalue weighted by Gasteiger charge is -2.14. The fourth-order valence-corrected chi connectivity index (χ4v) is 2.26. The molecule has 1 unspecified atom stereocenters. The summed E-state index contributed by atoms with van der Waals surface area (Å²) in [7, 11) is 0. The number of hydrogen-bond acceptors (Lipinski definition) is 2. The maximum absolute atomic E-state index is 13.4. The van der Waals surface area contributed by atoms with E-state index in [1.807, 2.05) is 0 Å². The van der Waals surface area contributed by atoms with Crippen molar-refractivity contribution in [1.82, 2.24) is 0 Å².